The minimum atomic E-state index is -0.345. The van der Waals surface area contributed by atoms with Crippen molar-refractivity contribution < 1.29 is 9.59 Å². The second-order valence-electron chi connectivity index (χ2n) is 7.41. The number of anilines is 1. The number of carbonyl (C=O) groups excluding carboxylic acids is 2. The maximum Gasteiger partial charge on any atom is 0.264 e. The largest absolute Gasteiger partial charge is 0.397 e. The van der Waals surface area contributed by atoms with Crippen LogP contribution in [-0.2, 0) is 9.59 Å². The zero-order chi connectivity index (χ0) is 20.6. The van der Waals surface area contributed by atoms with Crippen molar-refractivity contribution in [1.29, 1.82) is 0 Å². The summed E-state index contributed by atoms with van der Waals surface area (Å²) in [6, 6.07) is 18.7. The predicted molar refractivity (Wildman–Crippen MR) is 117 cm³/mol. The first kappa shape index (κ1) is 20.8. The number of likely N-dealkylation sites (tertiary alicyclic amines) is 1. The van der Waals surface area contributed by atoms with Crippen molar-refractivity contribution in [2.24, 2.45) is 5.73 Å². The molecule has 0 saturated carbocycles. The Balaban J connectivity index is 1.92. The van der Waals surface area contributed by atoms with Crippen LogP contribution in [0.3, 0.4) is 0 Å². The monoisotopic (exact) mass is 391 g/mol. The van der Waals surface area contributed by atoms with E-state index in [1.54, 1.807) is 4.90 Å². The van der Waals surface area contributed by atoms with E-state index in [2.05, 4.69) is 4.90 Å². The van der Waals surface area contributed by atoms with Gasteiger partial charge < -0.3 is 15.5 Å². The zero-order valence-electron chi connectivity index (χ0n) is 17.0. The molecule has 1 fully saturated rings. The Morgan fingerprint density at radius 1 is 0.931 bits per heavy atom. The number of Topliss-reactive ketones (excluding diaryl/α,β-unsaturated/α-hetero) is 1. The van der Waals surface area contributed by atoms with E-state index in [0.717, 1.165) is 25.3 Å². The number of ketones is 1. The Morgan fingerprint density at radius 2 is 1.52 bits per heavy atom. The van der Waals surface area contributed by atoms with Crippen molar-refractivity contribution in [3.8, 4) is 0 Å². The predicted octanol–water partition coefficient (Wildman–Crippen LogP) is 3.46. The number of nitrogens with zero attached hydrogens (tertiary/aromatic N) is 2. The Kier molecular flexibility index (Phi) is 7.19. The van der Waals surface area contributed by atoms with Gasteiger partial charge in [-0.2, -0.15) is 0 Å². The van der Waals surface area contributed by atoms with Gasteiger partial charge in [0.25, 0.3) is 5.91 Å². The number of benzene rings is 2. The average molecular weight is 392 g/mol. The molecular formula is C24H29N3O2. The van der Waals surface area contributed by atoms with Gasteiger partial charge in [0.1, 0.15) is 5.57 Å². The second-order valence-corrected chi connectivity index (χ2v) is 7.41. The number of piperidine rings is 1. The molecular weight excluding hydrogens is 362 g/mol. The molecule has 1 aliphatic rings. The molecule has 1 amide bonds. The fourth-order valence-corrected chi connectivity index (χ4v) is 3.73. The molecule has 0 radical (unpaired) electrons. The third-order valence-corrected chi connectivity index (χ3v) is 5.32. The topological polar surface area (TPSA) is 66.6 Å². The lowest BCUT2D eigenvalue weighted by atomic mass is 10.0. The van der Waals surface area contributed by atoms with Gasteiger partial charge >= 0.3 is 0 Å². The molecule has 5 nitrogen and oxygen atoms in total. The molecule has 0 bridgehead atoms. The van der Waals surface area contributed by atoms with Crippen LogP contribution in [0, 0.1) is 0 Å². The number of para-hydroxylation sites is 1. The Bertz CT molecular complexity index is 856. The van der Waals surface area contributed by atoms with E-state index >= 15 is 0 Å². The van der Waals surface area contributed by atoms with Crippen molar-refractivity contribution in [3.63, 3.8) is 0 Å². The average Bonchev–Trinajstić information content (AvgIpc) is 2.76. The lowest BCUT2D eigenvalue weighted by Crippen LogP contribution is -2.42. The van der Waals surface area contributed by atoms with Crippen molar-refractivity contribution in [1.82, 2.24) is 4.90 Å². The third-order valence-electron chi connectivity index (χ3n) is 5.32. The number of amides is 1. The first-order valence-electron chi connectivity index (χ1n) is 10.2. The highest BCUT2D eigenvalue weighted by Gasteiger charge is 2.26. The van der Waals surface area contributed by atoms with Gasteiger partial charge in [0, 0.05) is 18.8 Å². The highest BCUT2D eigenvalue weighted by atomic mass is 16.2. The highest BCUT2D eigenvalue weighted by Crippen LogP contribution is 2.21. The molecule has 29 heavy (non-hydrogen) atoms. The summed E-state index contributed by atoms with van der Waals surface area (Å²) in [6.07, 6.45) is 3.65. The van der Waals surface area contributed by atoms with Crippen LogP contribution in [0.25, 0.3) is 5.70 Å². The summed E-state index contributed by atoms with van der Waals surface area (Å²) in [5, 5.41) is 0. The number of nitrogens with two attached hydrogens (primary N) is 1. The van der Waals surface area contributed by atoms with Crippen molar-refractivity contribution in [2.45, 2.75) is 26.2 Å². The van der Waals surface area contributed by atoms with E-state index < -0.39 is 0 Å². The molecule has 2 N–H and O–H groups in total. The number of carbonyl (C=O) groups is 2. The van der Waals surface area contributed by atoms with E-state index in [1.807, 2.05) is 60.7 Å². The fourth-order valence-electron chi connectivity index (χ4n) is 3.73. The lowest BCUT2D eigenvalue weighted by molar-refractivity contribution is -0.120. The van der Waals surface area contributed by atoms with Crippen molar-refractivity contribution in [2.75, 3.05) is 31.1 Å². The minimum absolute atomic E-state index is 0.0405. The van der Waals surface area contributed by atoms with E-state index in [4.69, 9.17) is 5.73 Å². The Hall–Kier alpha value is -2.92. The van der Waals surface area contributed by atoms with E-state index in [0.29, 0.717) is 12.1 Å². The Morgan fingerprint density at radius 3 is 2.10 bits per heavy atom. The molecule has 5 heteroatoms. The van der Waals surface area contributed by atoms with Crippen LogP contribution in [-0.4, -0.2) is 42.8 Å². The SMILES string of the molecule is CC(=O)/C(C(=O)N(CCN1CCCCC1)c1ccccc1)=C(/N)c1ccccc1. The normalized spacial score (nSPS) is 15.5. The van der Waals surface area contributed by atoms with Gasteiger partial charge in [0.2, 0.25) is 0 Å². The molecule has 1 saturated heterocycles. The summed E-state index contributed by atoms with van der Waals surface area (Å²) in [6.45, 7) is 4.80. The van der Waals surface area contributed by atoms with E-state index in [9.17, 15) is 9.59 Å². The summed E-state index contributed by atoms with van der Waals surface area (Å²) in [5.41, 5.74) is 8.01. The molecule has 0 unspecified atom stereocenters. The molecule has 0 atom stereocenters. The minimum Gasteiger partial charge on any atom is -0.397 e. The van der Waals surface area contributed by atoms with Crippen LogP contribution < -0.4 is 10.6 Å². The lowest BCUT2D eigenvalue weighted by Gasteiger charge is -2.30. The van der Waals surface area contributed by atoms with Crippen LogP contribution in [0.15, 0.2) is 66.2 Å². The third kappa shape index (κ3) is 5.33. The number of rotatable bonds is 7. The smallest absolute Gasteiger partial charge is 0.264 e. The first-order chi connectivity index (χ1) is 14.1. The molecule has 152 valence electrons. The van der Waals surface area contributed by atoms with Crippen molar-refractivity contribution in [3.05, 3.63) is 71.8 Å². The van der Waals surface area contributed by atoms with Gasteiger partial charge in [-0.25, -0.2) is 0 Å². The van der Waals surface area contributed by atoms with Gasteiger partial charge in [-0.3, -0.25) is 9.59 Å². The highest BCUT2D eigenvalue weighted by molar-refractivity contribution is 6.27. The Labute approximate surface area is 172 Å². The number of hydrogen-bond acceptors (Lipinski definition) is 4. The maximum absolute atomic E-state index is 13.5. The van der Waals surface area contributed by atoms with Crippen LogP contribution in [0.1, 0.15) is 31.7 Å². The van der Waals surface area contributed by atoms with Crippen LogP contribution >= 0.6 is 0 Å². The molecule has 0 spiro atoms. The van der Waals surface area contributed by atoms with Crippen LogP contribution in [0.2, 0.25) is 0 Å². The molecule has 1 heterocycles. The van der Waals surface area contributed by atoms with Gasteiger partial charge in [-0.05, 0) is 50.6 Å². The van der Waals surface area contributed by atoms with Crippen LogP contribution in [0.4, 0.5) is 5.69 Å². The fraction of sp³-hybridized carbons (Fsp3) is 0.333. The van der Waals surface area contributed by atoms with Gasteiger partial charge in [-0.15, -0.1) is 0 Å². The molecule has 3 rings (SSSR count). The van der Waals surface area contributed by atoms with Gasteiger partial charge in [-0.1, -0.05) is 55.0 Å². The number of hydrogen-bond donors (Lipinski definition) is 1. The standard InChI is InChI=1S/C24H29N3O2/c1-19(28)22(23(25)20-11-5-2-6-12-20)24(29)27(21-13-7-3-8-14-21)18-17-26-15-9-4-10-16-26/h2-3,5-8,11-14H,4,9-10,15-18,25H2,1H3/b23-22-. The molecule has 2 aromatic rings. The van der Waals surface area contributed by atoms with Crippen molar-refractivity contribution >= 4 is 23.1 Å². The summed E-state index contributed by atoms with van der Waals surface area (Å²) in [4.78, 5) is 30.0. The maximum atomic E-state index is 13.5. The second kappa shape index (κ2) is 10.0. The van der Waals surface area contributed by atoms with E-state index in [-0.39, 0.29) is 23.0 Å². The van der Waals surface area contributed by atoms with Gasteiger partial charge in [0.05, 0.1) is 5.70 Å². The summed E-state index contributed by atoms with van der Waals surface area (Å²) >= 11 is 0. The first-order valence-corrected chi connectivity index (χ1v) is 10.2. The summed E-state index contributed by atoms with van der Waals surface area (Å²) in [7, 11) is 0. The molecule has 1 aliphatic heterocycles. The zero-order valence-corrected chi connectivity index (χ0v) is 17.0. The summed E-state index contributed by atoms with van der Waals surface area (Å²) in [5.74, 6) is -0.669. The molecule has 2 aromatic carbocycles. The van der Waals surface area contributed by atoms with Crippen LogP contribution in [0.5, 0.6) is 0 Å². The van der Waals surface area contributed by atoms with Gasteiger partial charge in [0.15, 0.2) is 5.78 Å². The quantitative estimate of drug-likeness (QED) is 0.446. The molecule has 0 aliphatic carbocycles. The summed E-state index contributed by atoms with van der Waals surface area (Å²) < 4.78 is 0. The molecule has 0 aromatic heterocycles. The van der Waals surface area contributed by atoms with E-state index in [1.165, 1.54) is 26.2 Å².